The molecule has 2 aromatic rings. The standard InChI is InChI=1S/C10H8N4/c1-6-12-10-8(14-13-6)5-7-3-2-4-11-9(7)10/h2-4H,5H2,1H3. The first kappa shape index (κ1) is 7.55. The van der Waals surface area contributed by atoms with Crippen LogP contribution >= 0.6 is 0 Å². The summed E-state index contributed by atoms with van der Waals surface area (Å²) in [5.41, 5.74) is 3.98. The van der Waals surface area contributed by atoms with Gasteiger partial charge < -0.3 is 0 Å². The Labute approximate surface area is 81.1 Å². The predicted octanol–water partition coefficient (Wildman–Crippen LogP) is 1.15. The number of hydrogen-bond acceptors (Lipinski definition) is 4. The second-order valence-electron chi connectivity index (χ2n) is 3.34. The quantitative estimate of drug-likeness (QED) is 0.525. The van der Waals surface area contributed by atoms with Crippen molar-refractivity contribution in [1.82, 2.24) is 20.2 Å². The number of nitrogens with zero attached hydrogens (tertiary/aromatic N) is 4. The van der Waals surface area contributed by atoms with Gasteiger partial charge in [0.05, 0.1) is 11.4 Å². The molecule has 0 saturated heterocycles. The molecule has 0 radical (unpaired) electrons. The van der Waals surface area contributed by atoms with Gasteiger partial charge in [-0.25, -0.2) is 4.98 Å². The van der Waals surface area contributed by atoms with E-state index < -0.39 is 0 Å². The Bertz CT molecular complexity index is 507. The molecule has 0 amide bonds. The van der Waals surface area contributed by atoms with E-state index in [0.29, 0.717) is 5.82 Å². The Balaban J connectivity index is 2.30. The van der Waals surface area contributed by atoms with Crippen molar-refractivity contribution >= 4 is 0 Å². The third-order valence-electron chi connectivity index (χ3n) is 2.34. The van der Waals surface area contributed by atoms with Crippen molar-refractivity contribution in [3.05, 3.63) is 35.4 Å². The molecule has 4 heteroatoms. The minimum atomic E-state index is 0.697. The van der Waals surface area contributed by atoms with E-state index in [4.69, 9.17) is 0 Å². The maximum absolute atomic E-state index is 4.36. The van der Waals surface area contributed by atoms with E-state index in [9.17, 15) is 0 Å². The SMILES string of the molecule is Cc1nnc2c(n1)-c1ncccc1C2. The number of fused-ring (bicyclic) bond motifs is 3. The molecule has 0 fully saturated rings. The average Bonchev–Trinajstić information content (AvgIpc) is 2.56. The van der Waals surface area contributed by atoms with Crippen LogP contribution in [0.1, 0.15) is 17.1 Å². The summed E-state index contributed by atoms with van der Waals surface area (Å²) in [5.74, 6) is 0.697. The van der Waals surface area contributed by atoms with Crippen molar-refractivity contribution < 1.29 is 0 Å². The van der Waals surface area contributed by atoms with E-state index >= 15 is 0 Å². The van der Waals surface area contributed by atoms with E-state index in [2.05, 4.69) is 26.2 Å². The van der Waals surface area contributed by atoms with Crippen molar-refractivity contribution in [2.24, 2.45) is 0 Å². The van der Waals surface area contributed by atoms with E-state index in [0.717, 1.165) is 23.5 Å². The van der Waals surface area contributed by atoms with Gasteiger partial charge in [-0.15, -0.1) is 5.10 Å². The van der Waals surface area contributed by atoms with Crippen LogP contribution in [-0.2, 0) is 6.42 Å². The lowest BCUT2D eigenvalue weighted by atomic mass is 10.2. The first-order valence-corrected chi connectivity index (χ1v) is 4.49. The van der Waals surface area contributed by atoms with Gasteiger partial charge in [0.1, 0.15) is 11.5 Å². The van der Waals surface area contributed by atoms with E-state index in [-0.39, 0.29) is 0 Å². The van der Waals surface area contributed by atoms with Crippen LogP contribution in [0.4, 0.5) is 0 Å². The molecule has 0 unspecified atom stereocenters. The Morgan fingerprint density at radius 1 is 1.21 bits per heavy atom. The van der Waals surface area contributed by atoms with Crippen molar-refractivity contribution in [3.8, 4) is 11.4 Å². The normalized spacial score (nSPS) is 12.4. The van der Waals surface area contributed by atoms with Crippen LogP contribution in [0.2, 0.25) is 0 Å². The molecule has 0 N–H and O–H groups in total. The molecule has 1 aliphatic carbocycles. The molecule has 0 bridgehead atoms. The third-order valence-corrected chi connectivity index (χ3v) is 2.34. The van der Waals surface area contributed by atoms with Crippen LogP contribution in [0.5, 0.6) is 0 Å². The summed E-state index contributed by atoms with van der Waals surface area (Å²) in [6.07, 6.45) is 2.59. The van der Waals surface area contributed by atoms with Gasteiger partial charge in [0.2, 0.25) is 0 Å². The predicted molar refractivity (Wildman–Crippen MR) is 50.6 cm³/mol. The second-order valence-corrected chi connectivity index (χ2v) is 3.34. The molecule has 0 spiro atoms. The van der Waals surface area contributed by atoms with E-state index in [1.165, 1.54) is 5.56 Å². The zero-order valence-electron chi connectivity index (χ0n) is 7.73. The largest absolute Gasteiger partial charge is 0.254 e. The smallest absolute Gasteiger partial charge is 0.148 e. The van der Waals surface area contributed by atoms with Crippen LogP contribution in [0, 0.1) is 6.92 Å². The van der Waals surface area contributed by atoms with Crippen molar-refractivity contribution in [3.63, 3.8) is 0 Å². The maximum Gasteiger partial charge on any atom is 0.148 e. The molecule has 3 rings (SSSR count). The molecular formula is C10H8N4. The van der Waals surface area contributed by atoms with Crippen molar-refractivity contribution in [1.29, 1.82) is 0 Å². The Hall–Kier alpha value is -1.84. The van der Waals surface area contributed by atoms with Gasteiger partial charge in [-0.3, -0.25) is 4.98 Å². The highest BCUT2D eigenvalue weighted by atomic mass is 15.2. The minimum absolute atomic E-state index is 0.697. The van der Waals surface area contributed by atoms with Crippen molar-refractivity contribution in [2.75, 3.05) is 0 Å². The van der Waals surface area contributed by atoms with Gasteiger partial charge in [0.15, 0.2) is 0 Å². The average molecular weight is 184 g/mol. The Kier molecular flexibility index (Phi) is 1.39. The molecule has 2 heterocycles. The summed E-state index contributed by atoms with van der Waals surface area (Å²) >= 11 is 0. The van der Waals surface area contributed by atoms with Crippen LogP contribution in [0.3, 0.4) is 0 Å². The fourth-order valence-corrected chi connectivity index (χ4v) is 1.71. The first-order valence-electron chi connectivity index (χ1n) is 4.49. The Morgan fingerprint density at radius 3 is 3.07 bits per heavy atom. The van der Waals surface area contributed by atoms with Crippen LogP contribution in [-0.4, -0.2) is 20.2 Å². The molecule has 0 atom stereocenters. The van der Waals surface area contributed by atoms with Crippen LogP contribution < -0.4 is 0 Å². The number of hydrogen-bond donors (Lipinski definition) is 0. The summed E-state index contributed by atoms with van der Waals surface area (Å²) in [6.45, 7) is 1.84. The highest BCUT2D eigenvalue weighted by Gasteiger charge is 2.22. The number of pyridine rings is 1. The highest BCUT2D eigenvalue weighted by Crippen LogP contribution is 2.30. The van der Waals surface area contributed by atoms with E-state index in [1.54, 1.807) is 6.20 Å². The van der Waals surface area contributed by atoms with Gasteiger partial charge in [-0.1, -0.05) is 6.07 Å². The lowest BCUT2D eigenvalue weighted by molar-refractivity contribution is 0.871. The molecule has 0 aliphatic heterocycles. The van der Waals surface area contributed by atoms with Gasteiger partial charge in [-0.2, -0.15) is 5.10 Å². The van der Waals surface area contributed by atoms with Crippen LogP contribution in [0.15, 0.2) is 18.3 Å². The summed E-state index contributed by atoms with van der Waals surface area (Å²) < 4.78 is 0. The number of aromatic nitrogens is 4. The summed E-state index contributed by atoms with van der Waals surface area (Å²) in [6, 6.07) is 3.99. The van der Waals surface area contributed by atoms with Gasteiger partial charge in [-0.05, 0) is 18.6 Å². The molecule has 0 aromatic carbocycles. The van der Waals surface area contributed by atoms with Gasteiger partial charge in [0, 0.05) is 12.6 Å². The summed E-state index contributed by atoms with van der Waals surface area (Å²) in [4.78, 5) is 8.67. The lowest BCUT2D eigenvalue weighted by Crippen LogP contribution is -1.97. The molecule has 68 valence electrons. The minimum Gasteiger partial charge on any atom is -0.254 e. The first-order chi connectivity index (χ1) is 6.84. The fraction of sp³-hybridized carbons (Fsp3) is 0.200. The zero-order valence-corrected chi connectivity index (χ0v) is 7.73. The van der Waals surface area contributed by atoms with E-state index in [1.807, 2.05) is 13.0 Å². The molecule has 0 saturated carbocycles. The number of rotatable bonds is 0. The highest BCUT2D eigenvalue weighted by molar-refractivity contribution is 5.67. The molecule has 14 heavy (non-hydrogen) atoms. The molecule has 4 nitrogen and oxygen atoms in total. The van der Waals surface area contributed by atoms with Gasteiger partial charge >= 0.3 is 0 Å². The lowest BCUT2D eigenvalue weighted by Gasteiger charge is -1.97. The third kappa shape index (κ3) is 0.937. The fourth-order valence-electron chi connectivity index (χ4n) is 1.71. The topological polar surface area (TPSA) is 51.6 Å². The molecule has 2 aromatic heterocycles. The maximum atomic E-state index is 4.36. The summed E-state index contributed by atoms with van der Waals surface area (Å²) in [7, 11) is 0. The molecule has 1 aliphatic rings. The van der Waals surface area contributed by atoms with Gasteiger partial charge in [0.25, 0.3) is 0 Å². The number of aryl methyl sites for hydroxylation is 1. The Morgan fingerprint density at radius 2 is 2.14 bits per heavy atom. The van der Waals surface area contributed by atoms with Crippen LogP contribution in [0.25, 0.3) is 11.4 Å². The summed E-state index contributed by atoms with van der Waals surface area (Å²) in [5, 5.41) is 8.07. The molecular weight excluding hydrogens is 176 g/mol. The second kappa shape index (κ2) is 2.57. The van der Waals surface area contributed by atoms with Crippen molar-refractivity contribution in [2.45, 2.75) is 13.3 Å². The zero-order chi connectivity index (χ0) is 9.54. The monoisotopic (exact) mass is 184 g/mol.